The number of hydrogen-bond acceptors (Lipinski definition) is 4. The summed E-state index contributed by atoms with van der Waals surface area (Å²) in [5.41, 5.74) is 1.40. The van der Waals surface area contributed by atoms with Gasteiger partial charge in [-0.2, -0.15) is 0 Å². The van der Waals surface area contributed by atoms with Crippen molar-refractivity contribution >= 4 is 46.5 Å². The third-order valence-corrected chi connectivity index (χ3v) is 9.58. The average molecular weight is 594 g/mol. The molecule has 3 aromatic carbocycles. The maximum absolute atomic E-state index is 14.5. The fourth-order valence-corrected chi connectivity index (χ4v) is 6.80. The van der Waals surface area contributed by atoms with E-state index in [2.05, 4.69) is 5.32 Å². The number of aromatic nitrogens is 1. The molecule has 2 heterocycles. The molecule has 1 saturated heterocycles. The molecule has 5 rings (SSSR count). The van der Waals surface area contributed by atoms with E-state index in [9.17, 15) is 32.6 Å². The van der Waals surface area contributed by atoms with Crippen LogP contribution in [0.25, 0.3) is 10.9 Å². The summed E-state index contributed by atoms with van der Waals surface area (Å²) in [6.07, 6.45) is -0.140. The molecule has 0 spiro atoms. The Morgan fingerprint density at radius 1 is 1.05 bits per heavy atom. The first-order chi connectivity index (χ1) is 20.0. The van der Waals surface area contributed by atoms with Gasteiger partial charge in [-0.15, -0.1) is 0 Å². The lowest BCUT2D eigenvalue weighted by Crippen LogP contribution is -2.46. The Bertz CT molecular complexity index is 1740. The van der Waals surface area contributed by atoms with Gasteiger partial charge >= 0.3 is 0 Å². The van der Waals surface area contributed by atoms with Crippen molar-refractivity contribution in [2.75, 3.05) is 6.54 Å². The van der Waals surface area contributed by atoms with Gasteiger partial charge in [-0.25, -0.2) is 8.78 Å². The predicted octanol–water partition coefficient (Wildman–Crippen LogP) is 3.77. The molecule has 0 radical (unpaired) electrons. The molecule has 2 N–H and O–H groups in total. The fraction of sp³-hybridized carbons (Fsp3) is 0.258. The molecule has 1 aromatic heterocycles. The van der Waals surface area contributed by atoms with Gasteiger partial charge in [0, 0.05) is 46.3 Å². The SMILES string of the molecule is CC(=O)c1cn(CC(=O)N2C[C@H](F)C[C@H]2C(=O)NCc2cccc(C)c2F)c2cc(P(=O)(O)c3ccccc3)ccc12. The summed E-state index contributed by atoms with van der Waals surface area (Å²) in [7, 11) is -3.98. The van der Waals surface area contributed by atoms with Crippen LogP contribution >= 0.6 is 7.37 Å². The lowest BCUT2D eigenvalue weighted by molar-refractivity contribution is -0.139. The summed E-state index contributed by atoms with van der Waals surface area (Å²) < 4.78 is 43.8. The molecule has 2 amide bonds. The number of alkyl halides is 1. The second-order valence-corrected chi connectivity index (χ2v) is 12.7. The molecule has 0 saturated carbocycles. The molecule has 0 bridgehead atoms. The van der Waals surface area contributed by atoms with E-state index < -0.39 is 37.2 Å². The Hall–Kier alpha value is -4.14. The van der Waals surface area contributed by atoms with E-state index in [0.717, 1.165) is 4.90 Å². The quantitative estimate of drug-likeness (QED) is 0.239. The van der Waals surface area contributed by atoms with Crippen LogP contribution in [0, 0.1) is 12.7 Å². The van der Waals surface area contributed by atoms with E-state index >= 15 is 0 Å². The minimum absolute atomic E-state index is 0.114. The lowest BCUT2D eigenvalue weighted by Gasteiger charge is -2.24. The number of rotatable bonds is 8. The Balaban J connectivity index is 1.41. The number of carbonyl (C=O) groups is 3. The zero-order valence-corrected chi connectivity index (χ0v) is 24.0. The number of nitrogens with one attached hydrogen (secondary N) is 1. The number of amides is 2. The number of benzene rings is 3. The van der Waals surface area contributed by atoms with Crippen molar-refractivity contribution in [1.82, 2.24) is 14.8 Å². The van der Waals surface area contributed by atoms with Crippen LogP contribution in [0.1, 0.15) is 34.8 Å². The highest BCUT2D eigenvalue weighted by molar-refractivity contribution is 7.73. The van der Waals surface area contributed by atoms with Crippen LogP contribution in [0.3, 0.4) is 0 Å². The van der Waals surface area contributed by atoms with Gasteiger partial charge in [-0.05, 0) is 43.7 Å². The minimum atomic E-state index is -3.98. The van der Waals surface area contributed by atoms with Crippen LogP contribution in [0.4, 0.5) is 8.78 Å². The van der Waals surface area contributed by atoms with Crippen LogP contribution in [0.5, 0.6) is 0 Å². The van der Waals surface area contributed by atoms with Gasteiger partial charge in [0.15, 0.2) is 5.78 Å². The van der Waals surface area contributed by atoms with Crippen molar-refractivity contribution in [3.8, 4) is 0 Å². The number of Topliss-reactive ketones (excluding diaryl/α,β-unsaturated/α-hetero) is 1. The molecule has 1 unspecified atom stereocenters. The van der Waals surface area contributed by atoms with Crippen molar-refractivity contribution in [2.24, 2.45) is 0 Å². The standard InChI is InChI=1S/C31H30F2N3O5P/c1-19-7-6-8-21(30(19)33)15-34-31(39)28-13-22(32)16-36(28)29(38)18-35-17-26(20(2)37)25-12-11-24(14-27(25)35)42(40,41)23-9-4-3-5-10-23/h3-12,14,17,22,28H,13,15-16,18H2,1-2H3,(H,34,39)(H,40,41)/t22-,28+/m1/s1. The molecular formula is C31H30F2N3O5P. The molecule has 0 aliphatic carbocycles. The van der Waals surface area contributed by atoms with Crippen molar-refractivity contribution in [1.29, 1.82) is 0 Å². The Labute approximate surface area is 241 Å². The number of carbonyl (C=O) groups excluding carboxylic acids is 3. The summed E-state index contributed by atoms with van der Waals surface area (Å²) in [5, 5.41) is 3.46. The molecule has 4 aromatic rings. The third kappa shape index (κ3) is 5.65. The van der Waals surface area contributed by atoms with Gasteiger partial charge in [-0.3, -0.25) is 18.9 Å². The van der Waals surface area contributed by atoms with Crippen molar-refractivity contribution in [3.63, 3.8) is 0 Å². The third-order valence-electron chi connectivity index (χ3n) is 7.60. The minimum Gasteiger partial charge on any atom is -0.350 e. The average Bonchev–Trinajstić information content (AvgIpc) is 3.54. The van der Waals surface area contributed by atoms with Gasteiger partial charge in [0.2, 0.25) is 11.8 Å². The predicted molar refractivity (Wildman–Crippen MR) is 155 cm³/mol. The largest absolute Gasteiger partial charge is 0.350 e. The highest BCUT2D eigenvalue weighted by Crippen LogP contribution is 2.39. The van der Waals surface area contributed by atoms with Crippen molar-refractivity contribution in [3.05, 3.63) is 95.4 Å². The molecule has 3 atom stereocenters. The summed E-state index contributed by atoms with van der Waals surface area (Å²) in [5.74, 6) is -1.87. The van der Waals surface area contributed by atoms with E-state index in [1.165, 1.54) is 29.8 Å². The molecule has 218 valence electrons. The van der Waals surface area contributed by atoms with Crippen LogP contribution in [-0.2, 0) is 27.2 Å². The van der Waals surface area contributed by atoms with Crippen LogP contribution in [0.2, 0.25) is 0 Å². The smallest absolute Gasteiger partial charge is 0.258 e. The summed E-state index contributed by atoms with van der Waals surface area (Å²) in [6.45, 7) is 2.24. The molecule has 8 nitrogen and oxygen atoms in total. The molecule has 1 fully saturated rings. The van der Waals surface area contributed by atoms with Gasteiger partial charge in [-0.1, -0.05) is 42.5 Å². The zero-order valence-electron chi connectivity index (χ0n) is 23.1. The molecule has 11 heteroatoms. The monoisotopic (exact) mass is 593 g/mol. The number of fused-ring (bicyclic) bond motifs is 1. The van der Waals surface area contributed by atoms with Crippen LogP contribution in [0.15, 0.2) is 72.9 Å². The normalized spacial score (nSPS) is 18.2. The van der Waals surface area contributed by atoms with Crippen LogP contribution in [-0.4, -0.2) is 50.7 Å². The second kappa shape index (κ2) is 11.6. The maximum Gasteiger partial charge on any atom is 0.258 e. The van der Waals surface area contributed by atoms with E-state index in [-0.39, 0.29) is 48.0 Å². The van der Waals surface area contributed by atoms with Crippen molar-refractivity contribution < 1.29 is 32.6 Å². The van der Waals surface area contributed by atoms with Crippen LogP contribution < -0.4 is 15.9 Å². The number of aryl methyl sites for hydroxylation is 1. The first-order valence-electron chi connectivity index (χ1n) is 13.5. The first-order valence-corrected chi connectivity index (χ1v) is 15.1. The first kappa shape index (κ1) is 29.4. The topological polar surface area (TPSA) is 109 Å². The molecule has 1 aliphatic rings. The molecular weight excluding hydrogens is 563 g/mol. The van der Waals surface area contributed by atoms with E-state index in [1.54, 1.807) is 61.5 Å². The van der Waals surface area contributed by atoms with E-state index in [4.69, 9.17) is 0 Å². The fourth-order valence-electron chi connectivity index (χ4n) is 5.35. The van der Waals surface area contributed by atoms with E-state index in [0.29, 0.717) is 22.0 Å². The van der Waals surface area contributed by atoms with Gasteiger partial charge in [0.1, 0.15) is 24.6 Å². The Kier molecular flexibility index (Phi) is 8.12. The summed E-state index contributed by atoms with van der Waals surface area (Å²) in [6, 6.07) is 16.4. The highest BCUT2D eigenvalue weighted by atomic mass is 31.2. The molecule has 42 heavy (non-hydrogen) atoms. The van der Waals surface area contributed by atoms with Gasteiger partial charge < -0.3 is 19.7 Å². The number of hydrogen-bond donors (Lipinski definition) is 2. The van der Waals surface area contributed by atoms with E-state index in [1.807, 2.05) is 0 Å². The van der Waals surface area contributed by atoms with Crippen molar-refractivity contribution in [2.45, 2.75) is 45.6 Å². The number of nitrogens with zero attached hydrogens (tertiary/aromatic N) is 2. The number of halogens is 2. The number of likely N-dealkylation sites (tertiary alicyclic amines) is 1. The zero-order chi connectivity index (χ0) is 30.2. The lowest BCUT2D eigenvalue weighted by atomic mass is 10.1. The second-order valence-electron chi connectivity index (χ2n) is 10.5. The van der Waals surface area contributed by atoms with Gasteiger partial charge in [0.25, 0.3) is 7.37 Å². The number of ketones is 1. The van der Waals surface area contributed by atoms with Gasteiger partial charge in [0.05, 0.1) is 12.1 Å². The summed E-state index contributed by atoms with van der Waals surface area (Å²) >= 11 is 0. The Morgan fingerprint density at radius 2 is 1.79 bits per heavy atom. The highest BCUT2D eigenvalue weighted by Gasteiger charge is 2.40. The molecule has 1 aliphatic heterocycles. The maximum atomic E-state index is 14.5. The summed E-state index contributed by atoms with van der Waals surface area (Å²) in [4.78, 5) is 51.0. The Morgan fingerprint density at radius 3 is 2.50 bits per heavy atom.